The molecule has 122 valence electrons. The van der Waals surface area contributed by atoms with Crippen LogP contribution in [-0.2, 0) is 24.1 Å². The Morgan fingerprint density at radius 3 is 2.43 bits per heavy atom. The minimum atomic E-state index is -4.57. The van der Waals surface area contributed by atoms with Crippen molar-refractivity contribution in [3.8, 4) is 5.75 Å². The fourth-order valence-electron chi connectivity index (χ4n) is 1.89. The van der Waals surface area contributed by atoms with Crippen LogP contribution in [0, 0.1) is 0 Å². The first-order chi connectivity index (χ1) is 10.8. The molecule has 0 aliphatic carbocycles. The molecule has 0 radical (unpaired) electrons. The zero-order valence-electron chi connectivity index (χ0n) is 11.9. The molecule has 0 heterocycles. The van der Waals surface area contributed by atoms with Gasteiger partial charge in [0.15, 0.2) is 0 Å². The highest BCUT2D eigenvalue weighted by molar-refractivity contribution is 5.67. The van der Waals surface area contributed by atoms with E-state index >= 15 is 0 Å². The third-order valence-electron chi connectivity index (χ3n) is 2.95. The molecule has 0 unspecified atom stereocenters. The molecule has 4 nitrogen and oxygen atoms in total. The monoisotopic (exact) mass is 325 g/mol. The predicted molar refractivity (Wildman–Crippen MR) is 76.6 cm³/mol. The largest absolute Gasteiger partial charge is 0.508 e. The van der Waals surface area contributed by atoms with Crippen LogP contribution in [0.5, 0.6) is 5.75 Å². The first kappa shape index (κ1) is 16.7. The van der Waals surface area contributed by atoms with Gasteiger partial charge in [-0.3, -0.25) is 0 Å². The molecule has 2 aromatic carbocycles. The van der Waals surface area contributed by atoms with Crippen molar-refractivity contribution < 1.29 is 27.8 Å². The lowest BCUT2D eigenvalue weighted by Gasteiger charge is -2.11. The Morgan fingerprint density at radius 2 is 1.78 bits per heavy atom. The standard InChI is InChI=1S/C16H14F3NO3/c17-16(18,19)13-6-12(7-14(21)8-13)9-20-15(22)23-10-11-4-2-1-3-5-11/h1-8,21H,9-10H2,(H,20,22). The molecule has 0 aliphatic rings. The Morgan fingerprint density at radius 1 is 1.09 bits per heavy atom. The van der Waals surface area contributed by atoms with E-state index in [4.69, 9.17) is 4.74 Å². The number of hydrogen-bond donors (Lipinski definition) is 2. The van der Waals surface area contributed by atoms with Gasteiger partial charge in [-0.05, 0) is 29.3 Å². The van der Waals surface area contributed by atoms with Crippen LogP contribution in [0.4, 0.5) is 18.0 Å². The van der Waals surface area contributed by atoms with Crippen LogP contribution < -0.4 is 5.32 Å². The molecule has 0 spiro atoms. The average molecular weight is 325 g/mol. The highest BCUT2D eigenvalue weighted by atomic mass is 19.4. The zero-order chi connectivity index (χ0) is 16.9. The first-order valence-electron chi connectivity index (χ1n) is 6.69. The minimum Gasteiger partial charge on any atom is -0.508 e. The van der Waals surface area contributed by atoms with Crippen molar-refractivity contribution in [1.29, 1.82) is 0 Å². The molecule has 0 fully saturated rings. The van der Waals surface area contributed by atoms with Crippen LogP contribution in [-0.4, -0.2) is 11.2 Å². The summed E-state index contributed by atoms with van der Waals surface area (Å²) in [6.07, 6.45) is -5.33. The van der Waals surface area contributed by atoms with Gasteiger partial charge in [-0.2, -0.15) is 13.2 Å². The molecule has 0 aromatic heterocycles. The van der Waals surface area contributed by atoms with E-state index in [9.17, 15) is 23.1 Å². The van der Waals surface area contributed by atoms with Crippen molar-refractivity contribution in [2.24, 2.45) is 0 Å². The number of carbonyl (C=O) groups is 1. The molecule has 0 aliphatic heterocycles. The quantitative estimate of drug-likeness (QED) is 0.898. The summed E-state index contributed by atoms with van der Waals surface area (Å²) in [5, 5.41) is 11.7. The molecular formula is C16H14F3NO3. The highest BCUT2D eigenvalue weighted by Gasteiger charge is 2.31. The van der Waals surface area contributed by atoms with E-state index in [0.29, 0.717) is 6.07 Å². The third-order valence-corrected chi connectivity index (χ3v) is 2.95. The second-order valence-corrected chi connectivity index (χ2v) is 4.80. The lowest BCUT2D eigenvalue weighted by atomic mass is 10.1. The van der Waals surface area contributed by atoms with Crippen molar-refractivity contribution in [3.05, 3.63) is 65.2 Å². The second-order valence-electron chi connectivity index (χ2n) is 4.80. The maximum atomic E-state index is 12.6. The number of hydrogen-bond acceptors (Lipinski definition) is 3. The summed E-state index contributed by atoms with van der Waals surface area (Å²) in [5.74, 6) is -0.519. The Labute approximate surface area is 130 Å². The summed E-state index contributed by atoms with van der Waals surface area (Å²) in [6, 6.07) is 11.6. The van der Waals surface area contributed by atoms with Gasteiger partial charge in [0.1, 0.15) is 12.4 Å². The van der Waals surface area contributed by atoms with Gasteiger partial charge in [0.2, 0.25) is 0 Å². The third kappa shape index (κ3) is 5.21. The molecule has 0 saturated carbocycles. The normalized spacial score (nSPS) is 11.1. The molecule has 23 heavy (non-hydrogen) atoms. The van der Waals surface area contributed by atoms with E-state index in [1.54, 1.807) is 24.3 Å². The Balaban J connectivity index is 1.90. The van der Waals surface area contributed by atoms with Crippen molar-refractivity contribution >= 4 is 6.09 Å². The van der Waals surface area contributed by atoms with E-state index < -0.39 is 23.6 Å². The lowest BCUT2D eigenvalue weighted by Crippen LogP contribution is -2.23. The molecule has 2 aromatic rings. The average Bonchev–Trinajstić information content (AvgIpc) is 2.50. The fraction of sp³-hybridized carbons (Fsp3) is 0.188. The topological polar surface area (TPSA) is 58.6 Å². The number of phenolic OH excluding ortho intramolecular Hbond substituents is 1. The number of alkyl carbamates (subject to hydrolysis) is 1. The maximum Gasteiger partial charge on any atom is 0.416 e. The van der Waals surface area contributed by atoms with Crippen molar-refractivity contribution in [1.82, 2.24) is 5.32 Å². The van der Waals surface area contributed by atoms with Crippen LogP contribution in [0.2, 0.25) is 0 Å². The van der Waals surface area contributed by atoms with Crippen LogP contribution in [0.1, 0.15) is 16.7 Å². The van der Waals surface area contributed by atoms with Gasteiger partial charge in [-0.25, -0.2) is 4.79 Å². The highest BCUT2D eigenvalue weighted by Crippen LogP contribution is 2.32. The lowest BCUT2D eigenvalue weighted by molar-refractivity contribution is -0.137. The SMILES string of the molecule is O=C(NCc1cc(O)cc(C(F)(F)F)c1)OCc1ccccc1. The van der Waals surface area contributed by atoms with Gasteiger partial charge in [0, 0.05) is 6.54 Å². The molecule has 0 atom stereocenters. The Hall–Kier alpha value is -2.70. The number of halogens is 3. The van der Waals surface area contributed by atoms with Crippen LogP contribution >= 0.6 is 0 Å². The van der Waals surface area contributed by atoms with E-state index in [-0.39, 0.29) is 18.7 Å². The summed E-state index contributed by atoms with van der Waals surface area (Å²) >= 11 is 0. The number of nitrogens with one attached hydrogen (secondary N) is 1. The predicted octanol–water partition coefficient (Wildman–Crippen LogP) is 3.84. The zero-order valence-corrected chi connectivity index (χ0v) is 11.9. The van der Waals surface area contributed by atoms with E-state index in [1.165, 1.54) is 0 Å². The van der Waals surface area contributed by atoms with Crippen molar-refractivity contribution in [3.63, 3.8) is 0 Å². The Bertz CT molecular complexity index is 672. The van der Waals surface area contributed by atoms with Crippen LogP contribution in [0.15, 0.2) is 48.5 Å². The number of aromatic hydroxyl groups is 1. The number of amides is 1. The number of rotatable bonds is 4. The number of benzene rings is 2. The summed E-state index contributed by atoms with van der Waals surface area (Å²) in [4.78, 5) is 11.5. The summed E-state index contributed by atoms with van der Waals surface area (Å²) in [6.45, 7) is -0.133. The number of alkyl halides is 3. The molecule has 1 amide bonds. The van der Waals surface area contributed by atoms with Gasteiger partial charge < -0.3 is 15.2 Å². The smallest absolute Gasteiger partial charge is 0.416 e. The van der Waals surface area contributed by atoms with Crippen molar-refractivity contribution in [2.75, 3.05) is 0 Å². The van der Waals surface area contributed by atoms with E-state index in [0.717, 1.165) is 17.7 Å². The molecular weight excluding hydrogens is 311 g/mol. The molecule has 2 rings (SSSR count). The second kappa shape index (κ2) is 7.04. The molecule has 0 bridgehead atoms. The van der Waals surface area contributed by atoms with Gasteiger partial charge in [0.25, 0.3) is 0 Å². The summed E-state index contributed by atoms with van der Waals surface area (Å²) in [7, 11) is 0. The van der Waals surface area contributed by atoms with Gasteiger partial charge >= 0.3 is 12.3 Å². The van der Waals surface area contributed by atoms with Gasteiger partial charge in [-0.15, -0.1) is 0 Å². The first-order valence-corrected chi connectivity index (χ1v) is 6.69. The number of ether oxygens (including phenoxy) is 1. The van der Waals surface area contributed by atoms with Crippen LogP contribution in [0.3, 0.4) is 0 Å². The van der Waals surface area contributed by atoms with E-state index in [1.807, 2.05) is 6.07 Å². The van der Waals surface area contributed by atoms with E-state index in [2.05, 4.69) is 5.32 Å². The van der Waals surface area contributed by atoms with Crippen molar-refractivity contribution in [2.45, 2.75) is 19.3 Å². The number of phenols is 1. The van der Waals surface area contributed by atoms with Gasteiger partial charge in [-0.1, -0.05) is 30.3 Å². The summed E-state index contributed by atoms with van der Waals surface area (Å²) < 4.78 is 42.8. The number of carbonyl (C=O) groups excluding carboxylic acids is 1. The van der Waals surface area contributed by atoms with Gasteiger partial charge in [0.05, 0.1) is 5.56 Å². The molecule has 2 N–H and O–H groups in total. The fourth-order valence-corrected chi connectivity index (χ4v) is 1.89. The summed E-state index contributed by atoms with van der Waals surface area (Å²) in [5.41, 5.74) is -0.0692. The minimum absolute atomic E-state index is 0.0561. The maximum absolute atomic E-state index is 12.6. The Kier molecular flexibility index (Phi) is 5.10. The van der Waals surface area contributed by atoms with Crippen LogP contribution in [0.25, 0.3) is 0 Å². The molecule has 0 saturated heterocycles. The molecule has 7 heteroatoms.